The van der Waals surface area contributed by atoms with Gasteiger partial charge in [-0.25, -0.2) is 4.79 Å². The number of allylic oxidation sites excluding steroid dienone is 5. The molecule has 0 heterocycles. The normalized spacial score (nSPS) is 12.0. The van der Waals surface area contributed by atoms with Crippen LogP contribution in [0.5, 0.6) is 0 Å². The number of hydrogen-bond donors (Lipinski definition) is 1. The van der Waals surface area contributed by atoms with Crippen LogP contribution in [-0.4, -0.2) is 11.1 Å². The average Bonchev–Trinajstić information content (AvgIpc) is 2.50. The Morgan fingerprint density at radius 3 is 1.77 bits per heavy atom. The molecule has 0 aromatic heterocycles. The van der Waals surface area contributed by atoms with Crippen LogP contribution in [0.25, 0.3) is 0 Å². The summed E-state index contributed by atoms with van der Waals surface area (Å²) in [6, 6.07) is 0. The third-order valence-electron chi connectivity index (χ3n) is 3.68. The molecule has 2 nitrogen and oxygen atoms in total. The molecule has 0 saturated heterocycles. The second-order valence-corrected chi connectivity index (χ2v) is 5.83. The van der Waals surface area contributed by atoms with Crippen LogP contribution in [0.3, 0.4) is 0 Å². The molecule has 0 unspecified atom stereocenters. The molecule has 126 valence electrons. The van der Waals surface area contributed by atoms with Gasteiger partial charge in [0.15, 0.2) is 0 Å². The van der Waals surface area contributed by atoms with Gasteiger partial charge < -0.3 is 5.11 Å². The monoisotopic (exact) mass is 306 g/mol. The van der Waals surface area contributed by atoms with Crippen molar-refractivity contribution < 1.29 is 9.90 Å². The molecule has 22 heavy (non-hydrogen) atoms. The summed E-state index contributed by atoms with van der Waals surface area (Å²) in [6.45, 7) is 2.27. The second-order valence-electron chi connectivity index (χ2n) is 5.83. The highest BCUT2D eigenvalue weighted by molar-refractivity contribution is 5.80. The third kappa shape index (κ3) is 18.7. The Hall–Kier alpha value is -1.31. The highest BCUT2D eigenvalue weighted by Crippen LogP contribution is 2.11. The minimum Gasteiger partial charge on any atom is -0.478 e. The Labute approximate surface area is 137 Å². The van der Waals surface area contributed by atoms with Crippen LogP contribution in [0.4, 0.5) is 0 Å². The lowest BCUT2D eigenvalue weighted by Crippen LogP contribution is -1.84. The topological polar surface area (TPSA) is 37.3 Å². The third-order valence-corrected chi connectivity index (χ3v) is 3.68. The van der Waals surface area contributed by atoms with E-state index in [4.69, 9.17) is 5.11 Å². The fourth-order valence-corrected chi connectivity index (χ4v) is 2.37. The smallest absolute Gasteiger partial charge is 0.328 e. The van der Waals surface area contributed by atoms with Crippen molar-refractivity contribution in [3.05, 3.63) is 36.5 Å². The summed E-state index contributed by atoms with van der Waals surface area (Å²) in [5.41, 5.74) is 0. The summed E-state index contributed by atoms with van der Waals surface area (Å²) in [4.78, 5) is 10.2. The number of carboxylic acid groups (broad SMARTS) is 1. The maximum Gasteiger partial charge on any atom is 0.328 e. The summed E-state index contributed by atoms with van der Waals surface area (Å²) in [5.74, 6) is -0.908. The summed E-state index contributed by atoms with van der Waals surface area (Å²) in [7, 11) is 0. The molecule has 1 N–H and O–H groups in total. The lowest BCUT2D eigenvalue weighted by molar-refractivity contribution is -0.131. The van der Waals surface area contributed by atoms with E-state index in [9.17, 15) is 4.79 Å². The van der Waals surface area contributed by atoms with Crippen molar-refractivity contribution in [3.63, 3.8) is 0 Å². The van der Waals surface area contributed by atoms with E-state index in [1.54, 1.807) is 6.08 Å². The van der Waals surface area contributed by atoms with E-state index < -0.39 is 5.97 Å². The number of carbonyl (C=O) groups is 1. The van der Waals surface area contributed by atoms with Crippen LogP contribution in [0.1, 0.15) is 84.0 Å². The molecule has 0 amide bonds. The van der Waals surface area contributed by atoms with Gasteiger partial charge in [-0.2, -0.15) is 0 Å². The van der Waals surface area contributed by atoms with E-state index in [1.165, 1.54) is 76.7 Å². The van der Waals surface area contributed by atoms with Gasteiger partial charge in [-0.1, -0.05) is 102 Å². The van der Waals surface area contributed by atoms with Crippen molar-refractivity contribution in [2.24, 2.45) is 0 Å². The molecule has 2 heteroatoms. The molecular formula is C20H34O2. The van der Waals surface area contributed by atoms with Gasteiger partial charge in [-0.3, -0.25) is 0 Å². The number of aliphatic carboxylic acids is 1. The Morgan fingerprint density at radius 2 is 1.23 bits per heavy atom. The van der Waals surface area contributed by atoms with Crippen molar-refractivity contribution in [2.45, 2.75) is 84.0 Å². The molecule has 0 aromatic carbocycles. The van der Waals surface area contributed by atoms with Crippen molar-refractivity contribution in [1.82, 2.24) is 0 Å². The van der Waals surface area contributed by atoms with Gasteiger partial charge in [0, 0.05) is 6.08 Å². The zero-order chi connectivity index (χ0) is 16.3. The fraction of sp³-hybridized carbons (Fsp3) is 0.650. The van der Waals surface area contributed by atoms with Crippen LogP contribution in [0.15, 0.2) is 36.5 Å². The first-order valence-corrected chi connectivity index (χ1v) is 9.00. The van der Waals surface area contributed by atoms with Crippen LogP contribution in [0.2, 0.25) is 0 Å². The second kappa shape index (κ2) is 17.7. The lowest BCUT2D eigenvalue weighted by atomic mass is 10.1. The Morgan fingerprint density at radius 1 is 0.727 bits per heavy atom. The Kier molecular flexibility index (Phi) is 16.7. The minimum absolute atomic E-state index is 0.908. The highest BCUT2D eigenvalue weighted by atomic mass is 16.4. The maximum atomic E-state index is 10.2. The first kappa shape index (κ1) is 20.7. The van der Waals surface area contributed by atoms with Crippen molar-refractivity contribution in [3.8, 4) is 0 Å². The van der Waals surface area contributed by atoms with Crippen LogP contribution in [0, 0.1) is 0 Å². The van der Waals surface area contributed by atoms with Crippen LogP contribution in [-0.2, 0) is 4.79 Å². The predicted octanol–water partition coefficient (Wildman–Crippen LogP) is 6.44. The maximum absolute atomic E-state index is 10.2. The standard InChI is InChI=1S/C20H34O2/c1-2-3-4-5-6-7-8-9-10-11-12-13-14-15-16-17-18-19-20(21)22/h14-19H,2-13H2,1H3,(H,21,22)/b15-14-,17-16?,19-18?. The Bertz CT molecular complexity index is 327. The van der Waals surface area contributed by atoms with Gasteiger partial charge in [0.25, 0.3) is 0 Å². The van der Waals surface area contributed by atoms with E-state index in [2.05, 4.69) is 13.0 Å². The van der Waals surface area contributed by atoms with Gasteiger partial charge in [0.1, 0.15) is 0 Å². The van der Waals surface area contributed by atoms with Gasteiger partial charge >= 0.3 is 5.97 Å². The number of carboxylic acids is 1. The predicted molar refractivity (Wildman–Crippen MR) is 96.1 cm³/mol. The van der Waals surface area contributed by atoms with Gasteiger partial charge in [0.05, 0.1) is 0 Å². The largest absolute Gasteiger partial charge is 0.478 e. The van der Waals surface area contributed by atoms with E-state index in [0.717, 1.165) is 12.5 Å². The van der Waals surface area contributed by atoms with Gasteiger partial charge in [-0.15, -0.1) is 0 Å². The fourth-order valence-electron chi connectivity index (χ4n) is 2.37. The first-order valence-electron chi connectivity index (χ1n) is 9.00. The Balaban J connectivity index is 3.21. The van der Waals surface area contributed by atoms with E-state index in [0.29, 0.717) is 0 Å². The van der Waals surface area contributed by atoms with Gasteiger partial charge in [0.2, 0.25) is 0 Å². The molecule has 0 aliphatic rings. The SMILES string of the molecule is CCCCCCCCCCCCC/C=C\C=CC=CC(=O)O. The lowest BCUT2D eigenvalue weighted by Gasteiger charge is -2.01. The van der Waals surface area contributed by atoms with Crippen molar-refractivity contribution >= 4 is 5.97 Å². The molecule has 0 atom stereocenters. The number of unbranched alkanes of at least 4 members (excludes halogenated alkanes) is 11. The van der Waals surface area contributed by atoms with E-state index in [1.807, 2.05) is 12.2 Å². The highest BCUT2D eigenvalue weighted by Gasteiger charge is 1.92. The molecule has 0 aliphatic carbocycles. The summed E-state index contributed by atoms with van der Waals surface area (Å²) < 4.78 is 0. The zero-order valence-corrected chi connectivity index (χ0v) is 14.3. The minimum atomic E-state index is -0.908. The van der Waals surface area contributed by atoms with E-state index >= 15 is 0 Å². The molecule has 0 radical (unpaired) electrons. The molecule has 0 spiro atoms. The summed E-state index contributed by atoms with van der Waals surface area (Å²) >= 11 is 0. The van der Waals surface area contributed by atoms with Crippen LogP contribution >= 0.6 is 0 Å². The summed E-state index contributed by atoms with van der Waals surface area (Å²) in [6.07, 6.45) is 26.7. The number of hydrogen-bond acceptors (Lipinski definition) is 1. The molecular weight excluding hydrogens is 272 g/mol. The summed E-state index contributed by atoms with van der Waals surface area (Å²) in [5, 5.41) is 8.40. The van der Waals surface area contributed by atoms with Crippen molar-refractivity contribution in [2.75, 3.05) is 0 Å². The first-order chi connectivity index (χ1) is 10.8. The molecule has 0 saturated carbocycles. The average molecular weight is 306 g/mol. The van der Waals surface area contributed by atoms with Crippen LogP contribution < -0.4 is 0 Å². The van der Waals surface area contributed by atoms with Gasteiger partial charge in [-0.05, 0) is 12.8 Å². The molecule has 0 aliphatic heterocycles. The van der Waals surface area contributed by atoms with E-state index in [-0.39, 0.29) is 0 Å². The quantitative estimate of drug-likeness (QED) is 0.215. The molecule has 0 rings (SSSR count). The molecule has 0 bridgehead atoms. The molecule has 0 fully saturated rings. The molecule has 0 aromatic rings. The zero-order valence-electron chi connectivity index (χ0n) is 14.3. The number of rotatable bonds is 15. The van der Waals surface area contributed by atoms with Crippen molar-refractivity contribution in [1.29, 1.82) is 0 Å².